The molecule has 2 saturated heterocycles. The summed E-state index contributed by atoms with van der Waals surface area (Å²) in [5, 5.41) is 6.63. The van der Waals surface area contributed by atoms with E-state index in [1.54, 1.807) is 18.5 Å². The Morgan fingerprint density at radius 2 is 1.96 bits per heavy atom. The topological polar surface area (TPSA) is 80.3 Å². The highest BCUT2D eigenvalue weighted by atomic mass is 16.4. The standard InChI is InChI=1S/C20H19N3O3/c24-19(23-16-11-14-5-6-15(16)22-14)18-8-7-17(26-18)12-1-3-13(4-2-12)20-21-9-10-25-20/h1-4,7-10,14-16,22H,5-6,11H2,(H,23,24)/t14-,15+,16-/m1/s1. The third-order valence-electron chi connectivity index (χ3n) is 5.30. The number of oxazole rings is 1. The molecule has 6 nitrogen and oxygen atoms in total. The molecule has 0 spiro atoms. The zero-order chi connectivity index (χ0) is 17.5. The van der Waals surface area contributed by atoms with Crippen LogP contribution in [0.3, 0.4) is 0 Å². The summed E-state index contributed by atoms with van der Waals surface area (Å²) in [5.41, 5.74) is 1.80. The van der Waals surface area contributed by atoms with Crippen LogP contribution < -0.4 is 10.6 Å². The molecule has 26 heavy (non-hydrogen) atoms. The Kier molecular flexibility index (Phi) is 3.64. The molecular formula is C20H19N3O3. The van der Waals surface area contributed by atoms with Gasteiger partial charge in [-0.15, -0.1) is 0 Å². The number of hydrogen-bond acceptors (Lipinski definition) is 5. The van der Waals surface area contributed by atoms with E-state index in [0.29, 0.717) is 29.5 Å². The average molecular weight is 349 g/mol. The van der Waals surface area contributed by atoms with Gasteiger partial charge in [-0.25, -0.2) is 4.98 Å². The van der Waals surface area contributed by atoms with Gasteiger partial charge in [-0.2, -0.15) is 0 Å². The van der Waals surface area contributed by atoms with Gasteiger partial charge in [0.05, 0.1) is 6.20 Å². The van der Waals surface area contributed by atoms with E-state index in [0.717, 1.165) is 24.0 Å². The third-order valence-corrected chi connectivity index (χ3v) is 5.30. The highest BCUT2D eigenvalue weighted by molar-refractivity contribution is 5.92. The summed E-state index contributed by atoms with van der Waals surface area (Å²) >= 11 is 0. The number of nitrogens with one attached hydrogen (secondary N) is 2. The van der Waals surface area contributed by atoms with Crippen molar-refractivity contribution in [3.63, 3.8) is 0 Å². The fourth-order valence-electron chi connectivity index (χ4n) is 3.98. The molecule has 3 atom stereocenters. The molecule has 132 valence electrons. The lowest BCUT2D eigenvalue weighted by Crippen LogP contribution is -2.42. The fourth-order valence-corrected chi connectivity index (χ4v) is 3.98. The van der Waals surface area contributed by atoms with E-state index in [4.69, 9.17) is 8.83 Å². The van der Waals surface area contributed by atoms with Crippen LogP contribution in [0.2, 0.25) is 0 Å². The van der Waals surface area contributed by atoms with Gasteiger partial charge in [-0.3, -0.25) is 4.79 Å². The van der Waals surface area contributed by atoms with E-state index in [-0.39, 0.29) is 11.9 Å². The Balaban J connectivity index is 1.29. The van der Waals surface area contributed by atoms with Crippen LogP contribution in [0.4, 0.5) is 0 Å². The number of hydrogen-bond donors (Lipinski definition) is 2. The molecule has 2 aromatic heterocycles. The van der Waals surface area contributed by atoms with Crippen molar-refractivity contribution >= 4 is 5.91 Å². The molecule has 2 fully saturated rings. The number of fused-ring (bicyclic) bond motifs is 2. The zero-order valence-corrected chi connectivity index (χ0v) is 14.1. The van der Waals surface area contributed by atoms with Gasteiger partial charge < -0.3 is 19.5 Å². The second-order valence-corrected chi connectivity index (χ2v) is 6.94. The second kappa shape index (κ2) is 6.14. The van der Waals surface area contributed by atoms with Crippen LogP contribution in [0.15, 0.2) is 57.7 Å². The Morgan fingerprint density at radius 1 is 1.12 bits per heavy atom. The molecular weight excluding hydrogens is 330 g/mol. The van der Waals surface area contributed by atoms with Crippen LogP contribution >= 0.6 is 0 Å². The summed E-state index contributed by atoms with van der Waals surface area (Å²) in [6, 6.07) is 12.4. The number of carbonyl (C=O) groups excluding carboxylic acids is 1. The van der Waals surface area contributed by atoms with Crippen LogP contribution in [0.5, 0.6) is 0 Å². The molecule has 6 heteroatoms. The maximum atomic E-state index is 12.5. The normalized spacial score (nSPS) is 24.1. The molecule has 0 saturated carbocycles. The first-order valence-electron chi connectivity index (χ1n) is 8.93. The smallest absolute Gasteiger partial charge is 0.287 e. The number of carbonyl (C=O) groups is 1. The molecule has 2 N–H and O–H groups in total. The van der Waals surface area contributed by atoms with E-state index in [9.17, 15) is 4.79 Å². The number of furan rings is 1. The highest BCUT2D eigenvalue weighted by Gasteiger charge is 2.39. The van der Waals surface area contributed by atoms with Gasteiger partial charge >= 0.3 is 0 Å². The zero-order valence-electron chi connectivity index (χ0n) is 14.1. The van der Waals surface area contributed by atoms with Crippen LogP contribution in [-0.2, 0) is 0 Å². The Bertz CT molecular complexity index is 914. The summed E-state index contributed by atoms with van der Waals surface area (Å²) in [5.74, 6) is 1.45. The van der Waals surface area contributed by atoms with Gasteiger partial charge in [0, 0.05) is 29.3 Å². The molecule has 1 aromatic carbocycles. The summed E-state index contributed by atoms with van der Waals surface area (Å²) in [6.45, 7) is 0. The number of benzene rings is 1. The van der Waals surface area contributed by atoms with Crippen molar-refractivity contribution in [3.05, 3.63) is 54.6 Å². The molecule has 3 aromatic rings. The summed E-state index contributed by atoms with van der Waals surface area (Å²) in [7, 11) is 0. The maximum Gasteiger partial charge on any atom is 0.287 e. The van der Waals surface area contributed by atoms with Gasteiger partial charge in [0.25, 0.3) is 5.91 Å². The minimum atomic E-state index is -0.146. The number of nitrogens with zero attached hydrogens (tertiary/aromatic N) is 1. The number of aromatic nitrogens is 1. The molecule has 2 aliphatic heterocycles. The molecule has 1 amide bonds. The average Bonchev–Trinajstić information content (AvgIpc) is 3.46. The molecule has 2 aliphatic rings. The van der Waals surface area contributed by atoms with Crippen molar-refractivity contribution < 1.29 is 13.6 Å². The molecule has 2 bridgehead atoms. The summed E-state index contributed by atoms with van der Waals surface area (Å²) < 4.78 is 11.1. The molecule has 0 unspecified atom stereocenters. The molecule has 0 radical (unpaired) electrons. The largest absolute Gasteiger partial charge is 0.451 e. The van der Waals surface area contributed by atoms with E-state index >= 15 is 0 Å². The minimum Gasteiger partial charge on any atom is -0.451 e. The maximum absolute atomic E-state index is 12.5. The third kappa shape index (κ3) is 2.72. The first kappa shape index (κ1) is 15.4. The monoisotopic (exact) mass is 349 g/mol. The lowest BCUT2D eigenvalue weighted by Gasteiger charge is -2.20. The molecule has 0 aliphatic carbocycles. The van der Waals surface area contributed by atoms with Gasteiger partial charge in [0.15, 0.2) is 5.76 Å². The van der Waals surface area contributed by atoms with E-state index in [2.05, 4.69) is 15.6 Å². The Labute approximate surface area is 150 Å². The van der Waals surface area contributed by atoms with E-state index in [1.165, 1.54) is 6.42 Å². The first-order chi connectivity index (χ1) is 12.8. The lowest BCUT2D eigenvalue weighted by molar-refractivity contribution is 0.0903. The van der Waals surface area contributed by atoms with Crippen molar-refractivity contribution in [3.8, 4) is 22.8 Å². The molecule has 4 heterocycles. The first-order valence-corrected chi connectivity index (χ1v) is 8.93. The molecule has 5 rings (SSSR count). The quantitative estimate of drug-likeness (QED) is 0.756. The van der Waals surface area contributed by atoms with Crippen molar-refractivity contribution in [2.75, 3.05) is 0 Å². The predicted octanol–water partition coefficient (Wildman–Crippen LogP) is 3.22. The van der Waals surface area contributed by atoms with Gasteiger partial charge in [-0.05, 0) is 43.5 Å². The number of amides is 1. The summed E-state index contributed by atoms with van der Waals surface area (Å²) in [4.78, 5) is 16.6. The van der Waals surface area contributed by atoms with Crippen molar-refractivity contribution in [2.24, 2.45) is 0 Å². The van der Waals surface area contributed by atoms with Crippen LogP contribution in [0, 0.1) is 0 Å². The van der Waals surface area contributed by atoms with Crippen molar-refractivity contribution in [1.82, 2.24) is 15.6 Å². The van der Waals surface area contributed by atoms with Crippen LogP contribution in [-0.4, -0.2) is 29.0 Å². The van der Waals surface area contributed by atoms with E-state index < -0.39 is 0 Å². The van der Waals surface area contributed by atoms with Crippen LogP contribution in [0.25, 0.3) is 22.8 Å². The highest BCUT2D eigenvalue weighted by Crippen LogP contribution is 2.29. The van der Waals surface area contributed by atoms with Crippen molar-refractivity contribution in [1.29, 1.82) is 0 Å². The predicted molar refractivity (Wildman–Crippen MR) is 95.5 cm³/mol. The SMILES string of the molecule is O=C(N[C@@H]1C[C@H]2CC[C@@H]1N2)c1ccc(-c2ccc(-c3ncco3)cc2)o1. The minimum absolute atomic E-state index is 0.146. The van der Waals surface area contributed by atoms with E-state index in [1.807, 2.05) is 30.3 Å². The Morgan fingerprint density at radius 3 is 2.65 bits per heavy atom. The van der Waals surface area contributed by atoms with Crippen molar-refractivity contribution in [2.45, 2.75) is 37.4 Å². The van der Waals surface area contributed by atoms with Gasteiger partial charge in [0.2, 0.25) is 5.89 Å². The summed E-state index contributed by atoms with van der Waals surface area (Å²) in [6.07, 6.45) is 6.52. The van der Waals surface area contributed by atoms with Gasteiger partial charge in [0.1, 0.15) is 12.0 Å². The van der Waals surface area contributed by atoms with Gasteiger partial charge in [-0.1, -0.05) is 12.1 Å². The lowest BCUT2D eigenvalue weighted by atomic mass is 9.95. The Hall–Kier alpha value is -2.86. The second-order valence-electron chi connectivity index (χ2n) is 6.94. The fraction of sp³-hybridized carbons (Fsp3) is 0.300. The number of rotatable bonds is 4. The van der Waals surface area contributed by atoms with Crippen LogP contribution in [0.1, 0.15) is 29.8 Å².